The van der Waals surface area contributed by atoms with Crippen LogP contribution in [0.15, 0.2) is 24.3 Å². The number of alkyl halides is 1. The molecule has 0 heterocycles. The van der Waals surface area contributed by atoms with Gasteiger partial charge in [0.25, 0.3) is 0 Å². The number of para-hydroxylation sites is 1. The number of amides is 1. The maximum Gasteiger partial charge on any atom is 0.246 e. The Morgan fingerprint density at radius 1 is 1.37 bits per heavy atom. The van der Waals surface area contributed by atoms with E-state index in [4.69, 9.17) is 16.3 Å². The van der Waals surface area contributed by atoms with Crippen LogP contribution in [0, 0.1) is 6.92 Å². The van der Waals surface area contributed by atoms with Crippen molar-refractivity contribution in [3.05, 3.63) is 29.8 Å². The second-order valence-electron chi connectivity index (χ2n) is 4.58. The van der Waals surface area contributed by atoms with Crippen LogP contribution in [0.25, 0.3) is 0 Å². The second-order valence-corrected chi connectivity index (χ2v) is 5.24. The van der Waals surface area contributed by atoms with Crippen molar-refractivity contribution in [2.24, 2.45) is 0 Å². The standard InChI is InChI=1S/C15H22ClNO2/c1-5-10-19-13(4)17(15(18)12(3)16)14-9-7-6-8-11(14)2/h6-9,12-13H,5,10H2,1-4H3. The molecule has 4 heteroatoms. The summed E-state index contributed by atoms with van der Waals surface area (Å²) in [5, 5.41) is -0.577. The van der Waals surface area contributed by atoms with Crippen molar-refractivity contribution in [2.75, 3.05) is 11.5 Å². The van der Waals surface area contributed by atoms with Crippen molar-refractivity contribution in [1.29, 1.82) is 0 Å². The average molecular weight is 284 g/mol. The van der Waals surface area contributed by atoms with E-state index < -0.39 is 5.38 Å². The molecule has 0 spiro atoms. The molecule has 3 nitrogen and oxygen atoms in total. The van der Waals surface area contributed by atoms with E-state index in [-0.39, 0.29) is 12.1 Å². The predicted molar refractivity (Wildman–Crippen MR) is 79.7 cm³/mol. The molecule has 1 aromatic rings. The van der Waals surface area contributed by atoms with Crippen LogP contribution in [-0.4, -0.2) is 24.1 Å². The molecule has 1 aromatic carbocycles. The number of ether oxygens (including phenoxy) is 1. The lowest BCUT2D eigenvalue weighted by molar-refractivity contribution is -0.120. The first-order chi connectivity index (χ1) is 8.99. The number of hydrogen-bond acceptors (Lipinski definition) is 2. The number of hydrogen-bond donors (Lipinski definition) is 0. The Balaban J connectivity index is 3.05. The number of halogens is 1. The summed E-state index contributed by atoms with van der Waals surface area (Å²) in [6, 6.07) is 7.75. The maximum absolute atomic E-state index is 12.3. The van der Waals surface area contributed by atoms with Crippen molar-refractivity contribution < 1.29 is 9.53 Å². The predicted octanol–water partition coefficient (Wildman–Crippen LogP) is 3.73. The Bertz CT molecular complexity index is 420. The highest BCUT2D eigenvalue weighted by Crippen LogP contribution is 2.24. The minimum absolute atomic E-state index is 0.139. The van der Waals surface area contributed by atoms with E-state index in [1.807, 2.05) is 45.0 Å². The van der Waals surface area contributed by atoms with E-state index in [0.717, 1.165) is 17.7 Å². The Morgan fingerprint density at radius 2 is 2.00 bits per heavy atom. The first-order valence-corrected chi connectivity index (χ1v) is 7.07. The summed E-state index contributed by atoms with van der Waals surface area (Å²) < 4.78 is 5.68. The number of aryl methyl sites for hydroxylation is 1. The van der Waals surface area contributed by atoms with Crippen LogP contribution in [0.4, 0.5) is 5.69 Å². The molecule has 0 fully saturated rings. The first kappa shape index (κ1) is 16.0. The van der Waals surface area contributed by atoms with Gasteiger partial charge >= 0.3 is 0 Å². The lowest BCUT2D eigenvalue weighted by Crippen LogP contribution is -2.44. The van der Waals surface area contributed by atoms with E-state index in [1.165, 1.54) is 0 Å². The van der Waals surface area contributed by atoms with E-state index in [9.17, 15) is 4.79 Å². The molecule has 106 valence electrons. The fourth-order valence-corrected chi connectivity index (χ4v) is 1.99. The van der Waals surface area contributed by atoms with Gasteiger partial charge < -0.3 is 4.74 Å². The van der Waals surface area contributed by atoms with Gasteiger partial charge in [0.1, 0.15) is 11.6 Å². The van der Waals surface area contributed by atoms with Crippen LogP contribution < -0.4 is 4.90 Å². The molecule has 0 bridgehead atoms. The van der Waals surface area contributed by atoms with Crippen LogP contribution in [0.3, 0.4) is 0 Å². The van der Waals surface area contributed by atoms with Crippen molar-refractivity contribution in [3.63, 3.8) is 0 Å². The van der Waals surface area contributed by atoms with E-state index in [2.05, 4.69) is 0 Å². The Morgan fingerprint density at radius 3 is 2.53 bits per heavy atom. The Kier molecular flexibility index (Phi) is 6.32. The number of carbonyl (C=O) groups excluding carboxylic acids is 1. The second kappa shape index (κ2) is 7.51. The molecule has 0 aliphatic carbocycles. The van der Waals surface area contributed by atoms with Gasteiger partial charge in [-0.2, -0.15) is 0 Å². The van der Waals surface area contributed by atoms with Crippen molar-refractivity contribution >= 4 is 23.2 Å². The third kappa shape index (κ3) is 4.22. The first-order valence-electron chi connectivity index (χ1n) is 6.63. The highest BCUT2D eigenvalue weighted by atomic mass is 35.5. The average Bonchev–Trinajstić information content (AvgIpc) is 2.38. The van der Waals surface area contributed by atoms with Gasteiger partial charge in [-0.1, -0.05) is 25.1 Å². The topological polar surface area (TPSA) is 29.5 Å². The fraction of sp³-hybridized carbons (Fsp3) is 0.533. The van der Waals surface area contributed by atoms with Crippen LogP contribution in [-0.2, 0) is 9.53 Å². The molecule has 0 aliphatic heterocycles. The zero-order valence-corrected chi connectivity index (χ0v) is 12.8. The molecular weight excluding hydrogens is 262 g/mol. The summed E-state index contributed by atoms with van der Waals surface area (Å²) in [6.45, 7) is 8.19. The smallest absolute Gasteiger partial charge is 0.246 e. The van der Waals surface area contributed by atoms with Gasteiger partial charge in [0.05, 0.1) is 0 Å². The fourth-order valence-electron chi connectivity index (χ4n) is 1.88. The SMILES string of the molecule is CCCOC(C)N(C(=O)C(C)Cl)c1ccccc1C. The van der Waals surface area contributed by atoms with Crippen molar-refractivity contribution in [3.8, 4) is 0 Å². The zero-order chi connectivity index (χ0) is 14.4. The normalized spacial score (nSPS) is 13.9. The summed E-state index contributed by atoms with van der Waals surface area (Å²) in [6.07, 6.45) is 0.589. The monoisotopic (exact) mass is 283 g/mol. The van der Waals surface area contributed by atoms with Gasteiger partial charge in [0.15, 0.2) is 0 Å². The summed E-state index contributed by atoms with van der Waals surface area (Å²) in [5.74, 6) is -0.139. The molecule has 0 radical (unpaired) electrons. The molecule has 2 unspecified atom stereocenters. The van der Waals surface area contributed by atoms with Gasteiger partial charge in [-0.25, -0.2) is 0 Å². The summed E-state index contributed by atoms with van der Waals surface area (Å²) >= 11 is 5.96. The molecule has 19 heavy (non-hydrogen) atoms. The van der Waals surface area contributed by atoms with Gasteiger partial charge in [-0.3, -0.25) is 9.69 Å². The van der Waals surface area contributed by atoms with Crippen molar-refractivity contribution in [1.82, 2.24) is 0 Å². The summed E-state index contributed by atoms with van der Waals surface area (Å²) in [7, 11) is 0. The molecular formula is C15H22ClNO2. The summed E-state index contributed by atoms with van der Waals surface area (Å²) in [5.41, 5.74) is 1.88. The lowest BCUT2D eigenvalue weighted by Gasteiger charge is -2.31. The minimum atomic E-state index is -0.577. The maximum atomic E-state index is 12.3. The summed E-state index contributed by atoms with van der Waals surface area (Å²) in [4.78, 5) is 14.0. The largest absolute Gasteiger partial charge is 0.358 e. The number of rotatable bonds is 6. The molecule has 0 aromatic heterocycles. The molecule has 0 aliphatic rings. The van der Waals surface area contributed by atoms with Crippen LogP contribution in [0.1, 0.15) is 32.8 Å². The number of carbonyl (C=O) groups is 1. The molecule has 1 rings (SSSR count). The molecule has 1 amide bonds. The minimum Gasteiger partial charge on any atom is -0.358 e. The van der Waals surface area contributed by atoms with Gasteiger partial charge in [0, 0.05) is 12.3 Å². The Labute approximate surface area is 120 Å². The van der Waals surface area contributed by atoms with Crippen LogP contribution in [0.2, 0.25) is 0 Å². The van der Waals surface area contributed by atoms with Gasteiger partial charge in [0.2, 0.25) is 5.91 Å². The highest BCUT2D eigenvalue weighted by Gasteiger charge is 2.26. The van der Waals surface area contributed by atoms with Crippen LogP contribution >= 0.6 is 11.6 Å². The number of anilines is 1. The van der Waals surface area contributed by atoms with E-state index in [0.29, 0.717) is 6.61 Å². The van der Waals surface area contributed by atoms with Gasteiger partial charge in [-0.15, -0.1) is 11.6 Å². The van der Waals surface area contributed by atoms with Gasteiger partial charge in [-0.05, 0) is 38.8 Å². The molecule has 2 atom stereocenters. The zero-order valence-electron chi connectivity index (χ0n) is 12.0. The van der Waals surface area contributed by atoms with E-state index >= 15 is 0 Å². The third-order valence-electron chi connectivity index (χ3n) is 2.88. The Hall–Kier alpha value is -1.06. The van der Waals surface area contributed by atoms with E-state index in [1.54, 1.807) is 11.8 Å². The van der Waals surface area contributed by atoms with Crippen molar-refractivity contribution in [2.45, 2.75) is 45.7 Å². The molecule has 0 saturated carbocycles. The molecule has 0 N–H and O–H groups in total. The lowest BCUT2D eigenvalue weighted by atomic mass is 10.1. The quantitative estimate of drug-likeness (QED) is 0.588. The number of nitrogens with zero attached hydrogens (tertiary/aromatic N) is 1. The third-order valence-corrected chi connectivity index (χ3v) is 3.07. The van der Waals surface area contributed by atoms with Crippen LogP contribution in [0.5, 0.6) is 0 Å². The number of benzene rings is 1. The molecule has 0 saturated heterocycles. The highest BCUT2D eigenvalue weighted by molar-refractivity contribution is 6.32.